The first-order valence-corrected chi connectivity index (χ1v) is 7.41. The molecular weight excluding hydrogens is 325 g/mol. The van der Waals surface area contributed by atoms with Crippen LogP contribution in [0.1, 0.15) is 40.5 Å². The number of aryl methyl sites for hydroxylation is 3. The molecule has 0 saturated carbocycles. The summed E-state index contributed by atoms with van der Waals surface area (Å²) >= 11 is 0. The van der Waals surface area contributed by atoms with Crippen LogP contribution in [0.25, 0.3) is 0 Å². The lowest BCUT2D eigenvalue weighted by Gasteiger charge is -2.15. The van der Waals surface area contributed by atoms with Crippen molar-refractivity contribution in [1.29, 1.82) is 0 Å². The number of alkyl halides is 3. The summed E-state index contributed by atoms with van der Waals surface area (Å²) in [5, 5.41) is 6.52. The number of nitrogens with zero attached hydrogens (tertiary/aromatic N) is 3. The van der Waals surface area contributed by atoms with Gasteiger partial charge in [-0.05, 0) is 25.8 Å². The van der Waals surface area contributed by atoms with Crippen molar-refractivity contribution in [1.82, 2.24) is 20.1 Å². The lowest BCUT2D eigenvalue weighted by molar-refractivity contribution is -0.144. The van der Waals surface area contributed by atoms with E-state index in [4.69, 9.17) is 4.42 Å². The molecule has 0 aliphatic heterocycles. The van der Waals surface area contributed by atoms with E-state index in [-0.39, 0.29) is 24.8 Å². The maximum absolute atomic E-state index is 12.9. The van der Waals surface area contributed by atoms with Gasteiger partial charge in [-0.15, -0.1) is 0 Å². The van der Waals surface area contributed by atoms with Gasteiger partial charge in [0.15, 0.2) is 5.89 Å². The minimum atomic E-state index is -4.46. The van der Waals surface area contributed by atoms with Crippen LogP contribution in [0.15, 0.2) is 10.5 Å². The molecule has 0 spiro atoms. The number of rotatable bonds is 5. The molecule has 0 saturated heterocycles. The van der Waals surface area contributed by atoms with Gasteiger partial charge in [0.2, 0.25) is 5.76 Å². The summed E-state index contributed by atoms with van der Waals surface area (Å²) in [7, 11) is 0. The zero-order chi connectivity index (χ0) is 18.1. The van der Waals surface area contributed by atoms with Gasteiger partial charge in [-0.1, -0.05) is 6.92 Å². The average molecular weight is 344 g/mol. The topological polar surface area (TPSA) is 73.0 Å². The van der Waals surface area contributed by atoms with Gasteiger partial charge in [-0.2, -0.15) is 18.3 Å². The largest absolute Gasteiger partial charge is 0.436 e. The Morgan fingerprint density at radius 2 is 2.04 bits per heavy atom. The lowest BCUT2D eigenvalue weighted by atomic mass is 10.1. The van der Waals surface area contributed by atoms with Crippen molar-refractivity contribution < 1.29 is 22.4 Å². The van der Waals surface area contributed by atoms with E-state index in [1.54, 1.807) is 20.8 Å². The number of nitrogens with one attached hydrogen (secondary N) is 1. The highest BCUT2D eigenvalue weighted by atomic mass is 19.4. The first kappa shape index (κ1) is 18.0. The minimum Gasteiger partial charge on any atom is -0.436 e. The Bertz CT molecular complexity index is 734. The molecule has 6 nitrogen and oxygen atoms in total. The molecule has 0 aromatic carbocycles. The molecule has 2 heterocycles. The van der Waals surface area contributed by atoms with Crippen molar-refractivity contribution in [2.24, 2.45) is 5.92 Å². The monoisotopic (exact) mass is 344 g/mol. The molecule has 0 radical (unpaired) electrons. The standard InChI is InChI=1S/C15H19F3N4O2/c1-8(6-19-14(23)13-10(3)20-11(4)24-13)7-22-12(15(16,17)18)5-9(2)21-22/h5,8H,6-7H2,1-4H3,(H,19,23). The van der Waals surface area contributed by atoms with E-state index in [1.807, 2.05) is 0 Å². The molecule has 2 aromatic heterocycles. The number of aromatic nitrogens is 3. The summed E-state index contributed by atoms with van der Waals surface area (Å²) in [6.07, 6.45) is -4.46. The highest BCUT2D eigenvalue weighted by Gasteiger charge is 2.35. The SMILES string of the molecule is Cc1cc(C(F)(F)F)n(CC(C)CNC(=O)c2oc(C)nc2C)n1. The number of carbonyl (C=O) groups excluding carboxylic acids is 1. The van der Waals surface area contributed by atoms with Crippen LogP contribution in [0.3, 0.4) is 0 Å². The molecule has 0 bridgehead atoms. The van der Waals surface area contributed by atoms with Crippen LogP contribution in [0.4, 0.5) is 13.2 Å². The van der Waals surface area contributed by atoms with E-state index in [0.717, 1.165) is 10.7 Å². The first-order chi connectivity index (χ1) is 11.1. The Kier molecular flexibility index (Phi) is 5.00. The first-order valence-electron chi connectivity index (χ1n) is 7.41. The van der Waals surface area contributed by atoms with Crippen LogP contribution >= 0.6 is 0 Å². The molecule has 1 amide bonds. The molecule has 1 atom stereocenters. The van der Waals surface area contributed by atoms with Crippen LogP contribution in [0.2, 0.25) is 0 Å². The van der Waals surface area contributed by atoms with Gasteiger partial charge < -0.3 is 9.73 Å². The molecular formula is C15H19F3N4O2. The maximum Gasteiger partial charge on any atom is 0.433 e. The number of halogens is 3. The zero-order valence-electron chi connectivity index (χ0n) is 13.9. The summed E-state index contributed by atoms with van der Waals surface area (Å²) < 4.78 is 45.0. The molecule has 0 aliphatic carbocycles. The van der Waals surface area contributed by atoms with Crippen molar-refractivity contribution in [3.63, 3.8) is 0 Å². The molecule has 132 valence electrons. The lowest BCUT2D eigenvalue weighted by Crippen LogP contribution is -2.31. The highest BCUT2D eigenvalue weighted by molar-refractivity contribution is 5.92. The van der Waals surface area contributed by atoms with Gasteiger partial charge in [-0.3, -0.25) is 9.48 Å². The van der Waals surface area contributed by atoms with Gasteiger partial charge >= 0.3 is 6.18 Å². The predicted molar refractivity (Wildman–Crippen MR) is 79.4 cm³/mol. The molecule has 2 aromatic rings. The van der Waals surface area contributed by atoms with Crippen molar-refractivity contribution in [2.75, 3.05) is 6.54 Å². The van der Waals surface area contributed by atoms with Gasteiger partial charge in [0.1, 0.15) is 5.69 Å². The van der Waals surface area contributed by atoms with Gasteiger partial charge in [0, 0.05) is 20.0 Å². The molecule has 1 N–H and O–H groups in total. The van der Waals surface area contributed by atoms with E-state index in [1.165, 1.54) is 6.92 Å². The fraction of sp³-hybridized carbons (Fsp3) is 0.533. The normalized spacial score (nSPS) is 13.1. The smallest absolute Gasteiger partial charge is 0.433 e. The Morgan fingerprint density at radius 3 is 2.58 bits per heavy atom. The number of hydrogen-bond donors (Lipinski definition) is 1. The third-order valence-electron chi connectivity index (χ3n) is 3.40. The maximum atomic E-state index is 12.9. The van der Waals surface area contributed by atoms with E-state index in [9.17, 15) is 18.0 Å². The number of amides is 1. The molecule has 1 unspecified atom stereocenters. The minimum absolute atomic E-state index is 0.0391. The average Bonchev–Trinajstić information content (AvgIpc) is 2.98. The third-order valence-corrected chi connectivity index (χ3v) is 3.40. The Labute approximate surface area is 137 Å². The second-order valence-electron chi connectivity index (χ2n) is 5.81. The van der Waals surface area contributed by atoms with Crippen molar-refractivity contribution in [3.8, 4) is 0 Å². The summed E-state index contributed by atoms with van der Waals surface area (Å²) in [6, 6.07) is 1.01. The van der Waals surface area contributed by atoms with Gasteiger partial charge in [-0.25, -0.2) is 4.98 Å². The second kappa shape index (κ2) is 6.66. The predicted octanol–water partition coefficient (Wildman–Crippen LogP) is 2.88. The summed E-state index contributed by atoms with van der Waals surface area (Å²) in [5.74, 6) is -0.190. The Morgan fingerprint density at radius 1 is 1.38 bits per heavy atom. The van der Waals surface area contributed by atoms with E-state index < -0.39 is 17.8 Å². The molecule has 9 heteroatoms. The van der Waals surface area contributed by atoms with E-state index >= 15 is 0 Å². The Balaban J connectivity index is 1.98. The zero-order valence-corrected chi connectivity index (χ0v) is 13.9. The van der Waals surface area contributed by atoms with E-state index in [2.05, 4.69) is 15.4 Å². The molecule has 0 aliphatic rings. The van der Waals surface area contributed by atoms with E-state index in [0.29, 0.717) is 17.3 Å². The van der Waals surface area contributed by atoms with Crippen LogP contribution in [0, 0.1) is 26.7 Å². The van der Waals surface area contributed by atoms with Gasteiger partial charge in [0.25, 0.3) is 5.91 Å². The molecule has 2 rings (SSSR count). The van der Waals surface area contributed by atoms with Crippen molar-refractivity contribution in [2.45, 2.75) is 40.4 Å². The Hall–Kier alpha value is -2.32. The highest BCUT2D eigenvalue weighted by Crippen LogP contribution is 2.30. The summed E-state index contributed by atoms with van der Waals surface area (Å²) in [4.78, 5) is 16.0. The summed E-state index contributed by atoms with van der Waals surface area (Å²) in [6.45, 7) is 6.75. The number of hydrogen-bond acceptors (Lipinski definition) is 4. The van der Waals surface area contributed by atoms with Crippen LogP contribution < -0.4 is 5.32 Å². The van der Waals surface area contributed by atoms with Crippen molar-refractivity contribution in [3.05, 3.63) is 34.8 Å². The number of oxazole rings is 1. The molecule has 0 fully saturated rings. The number of carbonyl (C=O) groups is 1. The summed E-state index contributed by atoms with van der Waals surface area (Å²) in [5.41, 5.74) is -0.0223. The quantitative estimate of drug-likeness (QED) is 0.905. The fourth-order valence-electron chi connectivity index (χ4n) is 2.36. The van der Waals surface area contributed by atoms with Crippen molar-refractivity contribution >= 4 is 5.91 Å². The molecule has 24 heavy (non-hydrogen) atoms. The fourth-order valence-corrected chi connectivity index (χ4v) is 2.36. The third kappa shape index (κ3) is 4.15. The van der Waals surface area contributed by atoms with Gasteiger partial charge in [0.05, 0.1) is 11.4 Å². The second-order valence-corrected chi connectivity index (χ2v) is 5.81. The van der Waals surface area contributed by atoms with Crippen LogP contribution in [-0.4, -0.2) is 27.2 Å². The van der Waals surface area contributed by atoms with Crippen LogP contribution in [-0.2, 0) is 12.7 Å². The van der Waals surface area contributed by atoms with Crippen LogP contribution in [0.5, 0.6) is 0 Å².